The number of nitro benzene ring substituents is 2. The number of thioether (sulfide) groups is 1. The minimum absolute atomic E-state index is 0.0265. The van der Waals surface area contributed by atoms with Crippen LogP contribution in [0.2, 0.25) is 0 Å². The summed E-state index contributed by atoms with van der Waals surface area (Å²) in [4.78, 5) is 21.1. The van der Waals surface area contributed by atoms with E-state index in [0.29, 0.717) is 21.9 Å². The lowest BCUT2D eigenvalue weighted by Crippen LogP contribution is -2.07. The number of anilines is 1. The average molecular weight is 588 g/mol. The van der Waals surface area contributed by atoms with Gasteiger partial charge < -0.3 is 4.74 Å². The fraction of sp³-hybridized carbons (Fsp3) is 0.276. The predicted molar refractivity (Wildman–Crippen MR) is 160 cm³/mol. The Morgan fingerprint density at radius 3 is 2.43 bits per heavy atom. The number of non-ortho nitro benzene ring substituents is 1. The van der Waals surface area contributed by atoms with Gasteiger partial charge in [-0.3, -0.25) is 30.2 Å². The Kier molecular flexibility index (Phi) is 9.07. The fourth-order valence-electron chi connectivity index (χ4n) is 4.89. The van der Waals surface area contributed by atoms with Gasteiger partial charge in [0.05, 0.1) is 21.0 Å². The van der Waals surface area contributed by atoms with E-state index in [1.807, 2.05) is 47.0 Å². The number of benzene rings is 3. The van der Waals surface area contributed by atoms with Crippen molar-refractivity contribution in [3.05, 3.63) is 104 Å². The molecule has 0 amide bonds. The van der Waals surface area contributed by atoms with Gasteiger partial charge >= 0.3 is 5.69 Å². The van der Waals surface area contributed by atoms with E-state index >= 15 is 0 Å². The Bertz CT molecular complexity index is 1590. The van der Waals surface area contributed by atoms with Crippen molar-refractivity contribution in [1.29, 1.82) is 0 Å². The van der Waals surface area contributed by atoms with E-state index in [-0.39, 0.29) is 18.0 Å². The van der Waals surface area contributed by atoms with Crippen molar-refractivity contribution >= 4 is 33.9 Å². The molecule has 0 aliphatic heterocycles. The van der Waals surface area contributed by atoms with E-state index in [1.54, 1.807) is 6.92 Å². The molecule has 0 unspecified atom stereocenters. The number of hydrazone groups is 1. The number of hydrogen-bond donors (Lipinski definition) is 1. The number of hydrogen-bond acceptors (Lipinski definition) is 10. The number of nitrogens with zero attached hydrogens (tertiary/aromatic N) is 6. The molecule has 1 aliphatic rings. The number of para-hydroxylation sites is 1. The first-order valence-corrected chi connectivity index (χ1v) is 14.3. The number of nitrogens with one attached hydrogen (secondary N) is 1. The van der Waals surface area contributed by atoms with Crippen molar-refractivity contribution in [2.45, 2.75) is 56.7 Å². The van der Waals surface area contributed by atoms with Crippen molar-refractivity contribution in [3.8, 4) is 11.4 Å². The molecule has 1 aliphatic carbocycles. The predicted octanol–water partition coefficient (Wildman–Crippen LogP) is 7.25. The van der Waals surface area contributed by atoms with Gasteiger partial charge in [-0.2, -0.15) is 5.10 Å². The van der Waals surface area contributed by atoms with Crippen molar-refractivity contribution < 1.29 is 14.6 Å². The highest BCUT2D eigenvalue weighted by molar-refractivity contribution is 8.13. The molecular formula is C29H29N7O5S. The minimum atomic E-state index is -0.699. The molecule has 1 N–H and O–H groups in total. The van der Waals surface area contributed by atoms with Crippen molar-refractivity contribution in [2.75, 3.05) is 5.43 Å². The van der Waals surface area contributed by atoms with Crippen LogP contribution in [0.1, 0.15) is 56.3 Å². The molecule has 3 aromatic carbocycles. The third kappa shape index (κ3) is 6.92. The maximum absolute atomic E-state index is 11.4. The summed E-state index contributed by atoms with van der Waals surface area (Å²) >= 11 is 1.21. The summed E-state index contributed by atoms with van der Waals surface area (Å²) in [6.07, 6.45) is 6.38. The summed E-state index contributed by atoms with van der Waals surface area (Å²) in [6.45, 7) is 1.90. The highest BCUT2D eigenvalue weighted by Crippen LogP contribution is 2.34. The van der Waals surface area contributed by atoms with Gasteiger partial charge in [0.1, 0.15) is 18.0 Å². The van der Waals surface area contributed by atoms with Crippen LogP contribution >= 0.6 is 11.8 Å². The van der Waals surface area contributed by atoms with Gasteiger partial charge in [-0.05, 0) is 73.3 Å². The van der Waals surface area contributed by atoms with Gasteiger partial charge in [0.2, 0.25) is 5.16 Å². The molecule has 0 radical (unpaired) electrons. The number of ether oxygens (including phenoxy) is 1. The van der Waals surface area contributed by atoms with E-state index < -0.39 is 15.5 Å². The van der Waals surface area contributed by atoms with Crippen LogP contribution in [0.3, 0.4) is 0 Å². The molecule has 1 saturated carbocycles. The number of rotatable bonds is 10. The molecule has 5 rings (SSSR count). The molecule has 12 nitrogen and oxygen atoms in total. The minimum Gasteiger partial charge on any atom is -0.486 e. The van der Waals surface area contributed by atoms with E-state index in [2.05, 4.69) is 32.9 Å². The Morgan fingerprint density at radius 1 is 1.00 bits per heavy atom. The highest BCUT2D eigenvalue weighted by Gasteiger charge is 2.20. The van der Waals surface area contributed by atoms with Gasteiger partial charge in [0, 0.05) is 11.8 Å². The van der Waals surface area contributed by atoms with Gasteiger partial charge in [0.15, 0.2) is 5.82 Å². The van der Waals surface area contributed by atoms with E-state index in [0.717, 1.165) is 17.5 Å². The average Bonchev–Trinajstić information content (AvgIpc) is 3.41. The van der Waals surface area contributed by atoms with Crippen LogP contribution < -0.4 is 10.2 Å². The molecule has 216 valence electrons. The molecule has 1 heterocycles. The normalized spacial score (nSPS) is 14.0. The molecule has 1 aromatic heterocycles. The zero-order valence-corrected chi connectivity index (χ0v) is 23.7. The number of aromatic nitrogens is 3. The van der Waals surface area contributed by atoms with Gasteiger partial charge in [0.25, 0.3) is 5.69 Å². The molecule has 0 atom stereocenters. The van der Waals surface area contributed by atoms with Gasteiger partial charge in [-0.25, -0.2) is 0 Å². The second kappa shape index (κ2) is 13.3. The first-order valence-electron chi connectivity index (χ1n) is 13.5. The standard InChI is InChI=1S/C29H29N7O5S/c1-20(30-31-26-17-14-24(35(37)38)18-27(26)36(39)40)42-29-33-32-28(34(29)23-10-6-3-7-11-23)19-41-25-15-12-22(13-16-25)21-8-4-2-5-9-21/h3,6-7,10-18,21,31H,2,4-5,8-9,19H2,1H3/b30-20-. The van der Waals surface area contributed by atoms with Crippen LogP contribution in [0.5, 0.6) is 5.75 Å². The molecule has 1 fully saturated rings. The second-order valence-corrected chi connectivity index (χ2v) is 11.0. The van der Waals surface area contributed by atoms with Crippen LogP contribution in [0, 0.1) is 20.2 Å². The lowest BCUT2D eigenvalue weighted by Gasteiger charge is -2.22. The van der Waals surface area contributed by atoms with Crippen molar-refractivity contribution in [2.24, 2.45) is 5.10 Å². The SMILES string of the molecule is C/C(=N/Nc1ccc([N+](=O)[O-])cc1[N+](=O)[O-])Sc1nnc(COc2ccc(C3CCCCC3)cc2)n1-c1ccccc1. The van der Waals surface area contributed by atoms with Crippen LogP contribution in [0.25, 0.3) is 5.69 Å². The van der Waals surface area contributed by atoms with Crippen LogP contribution in [0.4, 0.5) is 17.1 Å². The maximum Gasteiger partial charge on any atom is 0.301 e. The molecule has 13 heteroatoms. The van der Waals surface area contributed by atoms with Crippen LogP contribution in [-0.4, -0.2) is 29.7 Å². The first kappa shape index (κ1) is 28.7. The Balaban J connectivity index is 1.32. The summed E-state index contributed by atoms with van der Waals surface area (Å²) in [5.41, 5.74) is 4.03. The Labute approximate surface area is 246 Å². The molecule has 0 saturated heterocycles. The Morgan fingerprint density at radius 2 is 1.74 bits per heavy atom. The summed E-state index contributed by atoms with van der Waals surface area (Å²) in [5, 5.41) is 36.4. The largest absolute Gasteiger partial charge is 0.486 e. The van der Waals surface area contributed by atoms with Crippen LogP contribution in [0.15, 0.2) is 83.1 Å². The smallest absolute Gasteiger partial charge is 0.301 e. The summed E-state index contributed by atoms with van der Waals surface area (Å²) in [5.74, 6) is 1.96. The maximum atomic E-state index is 11.4. The molecular weight excluding hydrogens is 558 g/mol. The molecule has 42 heavy (non-hydrogen) atoms. The zero-order valence-electron chi connectivity index (χ0n) is 22.9. The van der Waals surface area contributed by atoms with E-state index in [9.17, 15) is 20.2 Å². The number of nitro groups is 2. The van der Waals surface area contributed by atoms with Crippen molar-refractivity contribution in [1.82, 2.24) is 14.8 Å². The monoisotopic (exact) mass is 587 g/mol. The topological polar surface area (TPSA) is 151 Å². The summed E-state index contributed by atoms with van der Waals surface area (Å²) in [7, 11) is 0. The van der Waals surface area contributed by atoms with Crippen molar-refractivity contribution in [3.63, 3.8) is 0 Å². The third-order valence-electron chi connectivity index (χ3n) is 7.00. The summed E-state index contributed by atoms with van der Waals surface area (Å²) in [6, 6.07) is 21.2. The summed E-state index contributed by atoms with van der Waals surface area (Å²) < 4.78 is 7.96. The first-order chi connectivity index (χ1) is 20.4. The van der Waals surface area contributed by atoms with E-state index in [4.69, 9.17) is 4.74 Å². The highest BCUT2D eigenvalue weighted by atomic mass is 32.2. The van der Waals surface area contributed by atoms with Gasteiger partial charge in [-0.15, -0.1) is 10.2 Å². The lowest BCUT2D eigenvalue weighted by atomic mass is 9.84. The fourth-order valence-corrected chi connectivity index (χ4v) is 5.63. The quantitative estimate of drug-likeness (QED) is 0.0665. The van der Waals surface area contributed by atoms with E-state index in [1.165, 1.54) is 61.6 Å². The molecule has 0 bridgehead atoms. The zero-order chi connectivity index (χ0) is 29.5. The third-order valence-corrected chi connectivity index (χ3v) is 7.83. The van der Waals surface area contributed by atoms with Crippen LogP contribution in [-0.2, 0) is 6.61 Å². The lowest BCUT2D eigenvalue weighted by molar-refractivity contribution is -0.393. The molecule has 0 spiro atoms. The Hall–Kier alpha value is -4.78. The van der Waals surface area contributed by atoms with Gasteiger partial charge in [-0.1, -0.05) is 49.6 Å². The molecule has 4 aromatic rings. The second-order valence-electron chi connectivity index (χ2n) is 9.82.